The molecule has 0 radical (unpaired) electrons. The molecule has 98 valence electrons. The SMILES string of the molecule is CCCC(=O)NCCn1nc2c(cc1=O)CCC2. The fraction of sp³-hybridized carbons (Fsp3) is 0.615. The number of aromatic nitrogens is 2. The highest BCUT2D eigenvalue weighted by Gasteiger charge is 2.14. The molecule has 5 nitrogen and oxygen atoms in total. The molecule has 2 rings (SSSR count). The van der Waals surface area contributed by atoms with Crippen molar-refractivity contribution in [2.45, 2.75) is 45.6 Å². The molecule has 0 atom stereocenters. The lowest BCUT2D eigenvalue weighted by Crippen LogP contribution is -2.32. The van der Waals surface area contributed by atoms with Crippen molar-refractivity contribution >= 4 is 5.91 Å². The number of nitrogens with one attached hydrogen (secondary N) is 1. The summed E-state index contributed by atoms with van der Waals surface area (Å²) in [5.41, 5.74) is 2.06. The monoisotopic (exact) mass is 249 g/mol. The predicted molar refractivity (Wildman–Crippen MR) is 68.4 cm³/mol. The van der Waals surface area contributed by atoms with Gasteiger partial charge in [0.05, 0.1) is 12.2 Å². The average Bonchev–Trinajstić information content (AvgIpc) is 2.76. The highest BCUT2D eigenvalue weighted by molar-refractivity contribution is 5.75. The molecule has 1 aliphatic carbocycles. The number of amides is 1. The Morgan fingerprint density at radius 1 is 1.50 bits per heavy atom. The number of hydrogen-bond acceptors (Lipinski definition) is 3. The van der Waals surface area contributed by atoms with E-state index in [0.717, 1.165) is 36.9 Å². The van der Waals surface area contributed by atoms with Crippen LogP contribution >= 0.6 is 0 Å². The van der Waals surface area contributed by atoms with Crippen LogP contribution in [0.2, 0.25) is 0 Å². The van der Waals surface area contributed by atoms with Crippen LogP contribution in [0.1, 0.15) is 37.4 Å². The molecule has 1 heterocycles. The minimum Gasteiger partial charge on any atom is -0.354 e. The summed E-state index contributed by atoms with van der Waals surface area (Å²) in [5, 5.41) is 7.14. The molecule has 0 aliphatic heterocycles. The molecule has 0 saturated carbocycles. The molecule has 1 aliphatic rings. The van der Waals surface area contributed by atoms with E-state index in [9.17, 15) is 9.59 Å². The van der Waals surface area contributed by atoms with Crippen molar-refractivity contribution in [2.75, 3.05) is 6.54 Å². The van der Waals surface area contributed by atoms with Gasteiger partial charge in [0.1, 0.15) is 0 Å². The van der Waals surface area contributed by atoms with E-state index in [4.69, 9.17) is 0 Å². The summed E-state index contributed by atoms with van der Waals surface area (Å²) in [7, 11) is 0. The van der Waals surface area contributed by atoms with Crippen molar-refractivity contribution in [3.05, 3.63) is 27.7 Å². The lowest BCUT2D eigenvalue weighted by molar-refractivity contribution is -0.121. The summed E-state index contributed by atoms with van der Waals surface area (Å²) in [6, 6.07) is 1.68. The number of nitrogens with zero attached hydrogens (tertiary/aromatic N) is 2. The van der Waals surface area contributed by atoms with Crippen molar-refractivity contribution in [3.63, 3.8) is 0 Å². The van der Waals surface area contributed by atoms with Gasteiger partial charge in [-0.05, 0) is 31.2 Å². The van der Waals surface area contributed by atoms with Crippen molar-refractivity contribution < 1.29 is 4.79 Å². The number of carbonyl (C=O) groups is 1. The van der Waals surface area contributed by atoms with Gasteiger partial charge in [0.25, 0.3) is 5.56 Å². The average molecular weight is 249 g/mol. The Bertz CT molecular complexity index is 493. The van der Waals surface area contributed by atoms with Crippen LogP contribution in [-0.2, 0) is 24.2 Å². The Hall–Kier alpha value is -1.65. The minimum absolute atomic E-state index is 0.0340. The van der Waals surface area contributed by atoms with E-state index >= 15 is 0 Å². The fourth-order valence-electron chi connectivity index (χ4n) is 2.22. The smallest absolute Gasteiger partial charge is 0.267 e. The maximum Gasteiger partial charge on any atom is 0.267 e. The Morgan fingerprint density at radius 3 is 3.11 bits per heavy atom. The number of hydrogen-bond donors (Lipinski definition) is 1. The van der Waals surface area contributed by atoms with Gasteiger partial charge in [-0.15, -0.1) is 0 Å². The first kappa shape index (κ1) is 12.8. The van der Waals surface area contributed by atoms with Crippen molar-refractivity contribution in [1.82, 2.24) is 15.1 Å². The van der Waals surface area contributed by atoms with E-state index in [1.165, 1.54) is 4.68 Å². The second kappa shape index (κ2) is 5.80. The van der Waals surface area contributed by atoms with Crippen LogP contribution in [0, 0.1) is 0 Å². The van der Waals surface area contributed by atoms with Crippen LogP contribution in [0.5, 0.6) is 0 Å². The first-order valence-corrected chi connectivity index (χ1v) is 6.57. The molecule has 0 bridgehead atoms. The van der Waals surface area contributed by atoms with Gasteiger partial charge >= 0.3 is 0 Å². The van der Waals surface area contributed by atoms with Gasteiger partial charge in [0, 0.05) is 19.0 Å². The fourth-order valence-corrected chi connectivity index (χ4v) is 2.22. The van der Waals surface area contributed by atoms with Crippen LogP contribution in [0.15, 0.2) is 10.9 Å². The second-order valence-electron chi connectivity index (χ2n) is 4.63. The molecule has 1 amide bonds. The quantitative estimate of drug-likeness (QED) is 0.833. The molecule has 5 heteroatoms. The summed E-state index contributed by atoms with van der Waals surface area (Å²) < 4.78 is 1.45. The van der Waals surface area contributed by atoms with E-state index in [2.05, 4.69) is 10.4 Å². The highest BCUT2D eigenvalue weighted by atomic mass is 16.1. The molecule has 1 N–H and O–H groups in total. The van der Waals surface area contributed by atoms with Crippen LogP contribution in [0.4, 0.5) is 0 Å². The largest absolute Gasteiger partial charge is 0.354 e. The Balaban J connectivity index is 1.94. The van der Waals surface area contributed by atoms with Gasteiger partial charge in [0.2, 0.25) is 5.91 Å². The zero-order valence-electron chi connectivity index (χ0n) is 10.7. The second-order valence-corrected chi connectivity index (χ2v) is 4.63. The topological polar surface area (TPSA) is 64.0 Å². The summed E-state index contributed by atoms with van der Waals surface area (Å²) in [6.45, 7) is 2.87. The van der Waals surface area contributed by atoms with Crippen LogP contribution in [0.25, 0.3) is 0 Å². The zero-order chi connectivity index (χ0) is 13.0. The van der Waals surface area contributed by atoms with E-state index in [0.29, 0.717) is 19.5 Å². The van der Waals surface area contributed by atoms with Crippen molar-refractivity contribution in [1.29, 1.82) is 0 Å². The van der Waals surface area contributed by atoms with E-state index < -0.39 is 0 Å². The zero-order valence-corrected chi connectivity index (χ0v) is 10.7. The number of fused-ring (bicyclic) bond motifs is 1. The molecule has 18 heavy (non-hydrogen) atoms. The van der Waals surface area contributed by atoms with Crippen LogP contribution in [-0.4, -0.2) is 22.2 Å². The third-order valence-corrected chi connectivity index (χ3v) is 3.15. The van der Waals surface area contributed by atoms with Crippen LogP contribution < -0.4 is 10.9 Å². The number of carbonyl (C=O) groups excluding carboxylic acids is 1. The number of rotatable bonds is 5. The van der Waals surface area contributed by atoms with E-state index in [-0.39, 0.29) is 11.5 Å². The van der Waals surface area contributed by atoms with Gasteiger partial charge < -0.3 is 5.32 Å². The molecule has 0 unspecified atom stereocenters. The maximum atomic E-state index is 11.8. The van der Waals surface area contributed by atoms with Gasteiger partial charge in [-0.1, -0.05) is 6.92 Å². The normalized spacial score (nSPS) is 13.4. The summed E-state index contributed by atoms with van der Waals surface area (Å²) in [4.78, 5) is 23.1. The molecule has 1 aromatic rings. The Labute approximate surface area is 106 Å². The van der Waals surface area contributed by atoms with Crippen molar-refractivity contribution in [2.24, 2.45) is 0 Å². The van der Waals surface area contributed by atoms with Gasteiger partial charge in [0.15, 0.2) is 0 Å². The standard InChI is InChI=1S/C13H19N3O2/c1-2-4-12(17)14-7-8-16-13(18)9-10-5-3-6-11(10)15-16/h9H,2-8H2,1H3,(H,14,17). The number of aryl methyl sites for hydroxylation is 2. The van der Waals surface area contributed by atoms with E-state index in [1.807, 2.05) is 6.92 Å². The first-order valence-electron chi connectivity index (χ1n) is 6.57. The maximum absolute atomic E-state index is 11.8. The third-order valence-electron chi connectivity index (χ3n) is 3.15. The molecule has 0 spiro atoms. The molecular weight excluding hydrogens is 230 g/mol. The van der Waals surface area contributed by atoms with Crippen LogP contribution in [0.3, 0.4) is 0 Å². The minimum atomic E-state index is -0.0691. The lowest BCUT2D eigenvalue weighted by atomic mass is 10.2. The Kier molecular flexibility index (Phi) is 4.12. The van der Waals surface area contributed by atoms with Gasteiger partial charge in [-0.3, -0.25) is 9.59 Å². The third kappa shape index (κ3) is 2.97. The van der Waals surface area contributed by atoms with Gasteiger partial charge in [-0.2, -0.15) is 5.10 Å². The Morgan fingerprint density at radius 2 is 2.33 bits per heavy atom. The molecule has 0 fully saturated rings. The summed E-state index contributed by atoms with van der Waals surface area (Å²) >= 11 is 0. The van der Waals surface area contributed by atoms with E-state index in [1.54, 1.807) is 6.07 Å². The lowest BCUT2D eigenvalue weighted by Gasteiger charge is -2.08. The summed E-state index contributed by atoms with van der Waals surface area (Å²) in [5.74, 6) is 0.0340. The first-order chi connectivity index (χ1) is 8.70. The van der Waals surface area contributed by atoms with Crippen molar-refractivity contribution in [3.8, 4) is 0 Å². The van der Waals surface area contributed by atoms with Gasteiger partial charge in [-0.25, -0.2) is 4.68 Å². The molecule has 0 aromatic carbocycles. The predicted octanol–water partition coefficient (Wildman–Crippen LogP) is 0.648. The highest BCUT2D eigenvalue weighted by Crippen LogP contribution is 2.16. The molecule has 1 aromatic heterocycles. The molecule has 0 saturated heterocycles. The summed E-state index contributed by atoms with van der Waals surface area (Å²) in [6.07, 6.45) is 4.37. The molecular formula is C13H19N3O2.